The Morgan fingerprint density at radius 2 is 1.96 bits per heavy atom. The Bertz CT molecular complexity index is 793. The summed E-state index contributed by atoms with van der Waals surface area (Å²) < 4.78 is 37.5. The molecule has 0 aromatic carbocycles. The van der Waals surface area contributed by atoms with E-state index in [-0.39, 0.29) is 51.0 Å². The zero-order chi connectivity index (χ0) is 19.9. The second-order valence-corrected chi connectivity index (χ2v) is 7.56. The van der Waals surface area contributed by atoms with Crippen LogP contribution in [0.15, 0.2) is 0 Å². The van der Waals surface area contributed by atoms with Crippen molar-refractivity contribution in [2.75, 3.05) is 38.2 Å². The van der Waals surface area contributed by atoms with E-state index in [0.29, 0.717) is 21.0 Å². The predicted octanol–water partition coefficient (Wildman–Crippen LogP) is 0.996. The monoisotopic (exact) mass is 405 g/mol. The van der Waals surface area contributed by atoms with Crippen LogP contribution < -0.4 is 4.90 Å². The van der Waals surface area contributed by atoms with Crippen molar-refractivity contribution in [2.45, 2.75) is 25.6 Å². The minimum Gasteiger partial charge on any atom is -0.395 e. The molecule has 3 amide bonds. The molecule has 0 radical (unpaired) electrons. The Hall–Kier alpha value is -2.14. The maximum absolute atomic E-state index is 12.7. The Kier molecular flexibility index (Phi) is 5.17. The number of aliphatic hydroxyl groups is 1. The topological polar surface area (TPSA) is 81.2 Å². The number of alkyl halides is 3. The van der Waals surface area contributed by atoms with Gasteiger partial charge < -0.3 is 14.9 Å². The molecule has 0 bridgehead atoms. The van der Waals surface area contributed by atoms with Gasteiger partial charge in [-0.05, 0) is 12.0 Å². The summed E-state index contributed by atoms with van der Waals surface area (Å²) in [4.78, 5) is 41.4. The summed E-state index contributed by atoms with van der Waals surface area (Å²) in [5, 5.41) is 9.65. The summed E-state index contributed by atoms with van der Waals surface area (Å²) in [7, 11) is 1.50. The third kappa shape index (κ3) is 3.79. The van der Waals surface area contributed by atoms with Gasteiger partial charge in [-0.3, -0.25) is 19.3 Å². The molecular formula is C16H18F3N3O4S. The lowest BCUT2D eigenvalue weighted by Gasteiger charge is -2.28. The fraction of sp³-hybridized carbons (Fsp3) is 0.562. The molecule has 0 saturated carbocycles. The van der Waals surface area contributed by atoms with Gasteiger partial charge in [0, 0.05) is 25.0 Å². The van der Waals surface area contributed by atoms with E-state index in [1.165, 1.54) is 16.8 Å². The summed E-state index contributed by atoms with van der Waals surface area (Å²) in [5.41, 5.74) is 1.01. The van der Waals surface area contributed by atoms with Gasteiger partial charge in [0.05, 0.1) is 18.7 Å². The number of amides is 3. The van der Waals surface area contributed by atoms with Gasteiger partial charge in [0.2, 0.25) is 11.8 Å². The van der Waals surface area contributed by atoms with Gasteiger partial charge in [-0.1, -0.05) is 0 Å². The van der Waals surface area contributed by atoms with Crippen LogP contribution in [0, 0.1) is 0 Å². The van der Waals surface area contributed by atoms with Gasteiger partial charge in [-0.2, -0.15) is 13.2 Å². The van der Waals surface area contributed by atoms with Crippen molar-refractivity contribution in [3.05, 3.63) is 16.0 Å². The Morgan fingerprint density at radius 3 is 2.59 bits per heavy atom. The average Bonchev–Trinajstić information content (AvgIpc) is 2.91. The summed E-state index contributed by atoms with van der Waals surface area (Å²) in [6.07, 6.45) is -5.86. The van der Waals surface area contributed by atoms with Crippen molar-refractivity contribution in [2.24, 2.45) is 0 Å². The third-order valence-electron chi connectivity index (χ3n) is 4.55. The molecule has 0 fully saturated rings. The van der Waals surface area contributed by atoms with Crippen molar-refractivity contribution >= 4 is 34.1 Å². The van der Waals surface area contributed by atoms with Crippen molar-refractivity contribution in [1.29, 1.82) is 0 Å². The molecule has 0 unspecified atom stereocenters. The number of likely N-dealkylation sites (N-methyl/N-ethyl adjacent to an activating group) is 1. The smallest absolute Gasteiger partial charge is 0.395 e. The highest BCUT2D eigenvalue weighted by molar-refractivity contribution is 7.17. The van der Waals surface area contributed by atoms with Crippen molar-refractivity contribution in [3.63, 3.8) is 0 Å². The second-order valence-electron chi connectivity index (χ2n) is 6.47. The zero-order valence-electron chi connectivity index (χ0n) is 14.5. The molecule has 0 aliphatic carbocycles. The molecule has 148 valence electrons. The van der Waals surface area contributed by atoms with Crippen LogP contribution in [0.5, 0.6) is 0 Å². The highest BCUT2D eigenvalue weighted by Gasteiger charge is 2.39. The molecule has 0 saturated heterocycles. The van der Waals surface area contributed by atoms with Gasteiger partial charge in [-0.15, -0.1) is 11.3 Å². The van der Waals surface area contributed by atoms with Crippen molar-refractivity contribution < 1.29 is 32.7 Å². The van der Waals surface area contributed by atoms with Crippen LogP contribution in [-0.2, 0) is 22.6 Å². The third-order valence-corrected chi connectivity index (χ3v) is 5.79. The minimum absolute atomic E-state index is 0.0169. The maximum atomic E-state index is 12.7. The first kappa shape index (κ1) is 19.6. The number of aliphatic hydroxyl groups excluding tert-OH is 1. The summed E-state index contributed by atoms with van der Waals surface area (Å²) >= 11 is 1.12. The number of fused-ring (bicyclic) bond motifs is 3. The number of halogens is 3. The lowest BCUT2D eigenvalue weighted by atomic mass is 10.0. The van der Waals surface area contributed by atoms with Crippen LogP contribution in [0.3, 0.4) is 0 Å². The van der Waals surface area contributed by atoms with Crippen LogP contribution in [-0.4, -0.2) is 72.1 Å². The zero-order valence-corrected chi connectivity index (χ0v) is 15.3. The normalized spacial score (nSPS) is 17.7. The van der Waals surface area contributed by atoms with Crippen LogP contribution in [0.2, 0.25) is 0 Å². The molecule has 27 heavy (non-hydrogen) atoms. The van der Waals surface area contributed by atoms with E-state index in [9.17, 15) is 32.7 Å². The van der Waals surface area contributed by atoms with E-state index in [1.807, 2.05) is 0 Å². The van der Waals surface area contributed by atoms with E-state index >= 15 is 0 Å². The molecule has 0 spiro atoms. The number of hydrogen-bond donors (Lipinski definition) is 1. The highest BCUT2D eigenvalue weighted by Crippen LogP contribution is 2.41. The van der Waals surface area contributed by atoms with Crippen LogP contribution >= 0.6 is 11.3 Å². The SMILES string of the molecule is CN1CC(=O)N(CCO)c2sc3c(c2C1=O)CCN(C(=O)CC(F)(F)F)C3. The number of carbonyl (C=O) groups excluding carboxylic acids is 3. The van der Waals surface area contributed by atoms with Crippen LogP contribution in [0.25, 0.3) is 0 Å². The molecule has 3 heterocycles. The predicted molar refractivity (Wildman–Crippen MR) is 90.5 cm³/mol. The fourth-order valence-corrected chi connectivity index (χ4v) is 4.68. The quantitative estimate of drug-likeness (QED) is 0.814. The van der Waals surface area contributed by atoms with Crippen LogP contribution in [0.1, 0.15) is 27.2 Å². The van der Waals surface area contributed by atoms with Gasteiger partial charge in [0.1, 0.15) is 18.0 Å². The van der Waals surface area contributed by atoms with Crippen molar-refractivity contribution in [1.82, 2.24) is 9.80 Å². The van der Waals surface area contributed by atoms with Crippen molar-refractivity contribution in [3.8, 4) is 0 Å². The van der Waals surface area contributed by atoms with E-state index in [1.54, 1.807) is 0 Å². The molecule has 1 aromatic heterocycles. The van der Waals surface area contributed by atoms with Gasteiger partial charge in [-0.25, -0.2) is 0 Å². The molecular weight excluding hydrogens is 387 g/mol. The van der Waals surface area contributed by atoms with E-state index in [0.717, 1.165) is 16.2 Å². The molecule has 2 aliphatic rings. The maximum Gasteiger partial charge on any atom is 0.397 e. The summed E-state index contributed by atoms with van der Waals surface area (Å²) in [6.45, 7) is -0.341. The van der Waals surface area contributed by atoms with E-state index in [2.05, 4.69) is 0 Å². The number of hydrogen-bond acceptors (Lipinski definition) is 5. The number of carbonyl (C=O) groups is 3. The summed E-state index contributed by atoms with van der Waals surface area (Å²) in [6, 6.07) is 0. The first-order valence-electron chi connectivity index (χ1n) is 8.28. The largest absolute Gasteiger partial charge is 0.397 e. The lowest BCUT2D eigenvalue weighted by Crippen LogP contribution is -2.39. The van der Waals surface area contributed by atoms with E-state index in [4.69, 9.17) is 0 Å². The Morgan fingerprint density at radius 1 is 1.26 bits per heavy atom. The van der Waals surface area contributed by atoms with Crippen LogP contribution in [0.4, 0.5) is 18.2 Å². The first-order valence-corrected chi connectivity index (χ1v) is 9.09. The number of β-amino-alcohol motifs (C(OH)–C–C–N with tert-alkyl or cyclic N) is 1. The molecule has 0 atom stereocenters. The highest BCUT2D eigenvalue weighted by atomic mass is 32.1. The number of thiophene rings is 1. The van der Waals surface area contributed by atoms with Gasteiger partial charge in [0.25, 0.3) is 5.91 Å². The second kappa shape index (κ2) is 7.12. The summed E-state index contributed by atoms with van der Waals surface area (Å²) in [5.74, 6) is -1.70. The van der Waals surface area contributed by atoms with E-state index < -0.39 is 18.5 Å². The first-order chi connectivity index (χ1) is 12.6. The number of nitrogens with zero attached hydrogens (tertiary/aromatic N) is 3. The van der Waals surface area contributed by atoms with Gasteiger partial charge >= 0.3 is 6.18 Å². The number of rotatable bonds is 3. The Balaban J connectivity index is 1.95. The van der Waals surface area contributed by atoms with Gasteiger partial charge in [0.15, 0.2) is 0 Å². The minimum atomic E-state index is -4.58. The molecule has 11 heteroatoms. The fourth-order valence-electron chi connectivity index (χ4n) is 3.29. The average molecular weight is 405 g/mol. The molecule has 7 nitrogen and oxygen atoms in total. The Labute approximate surface area is 156 Å². The molecule has 1 aromatic rings. The molecule has 2 aliphatic heterocycles. The molecule has 1 N–H and O–H groups in total. The molecule has 3 rings (SSSR count). The lowest BCUT2D eigenvalue weighted by molar-refractivity contribution is -0.162. The number of anilines is 1. The standard InChI is InChI=1S/C16H18F3N3O4S/c1-20-8-12(25)22(4-5-23)15-13(14(20)26)9-2-3-21(7-10(9)27-15)11(24)6-16(17,18)19/h23H,2-8H2,1H3.